The fourth-order valence-corrected chi connectivity index (χ4v) is 3.57. The molecule has 168 valence electrons. The maximum atomic E-state index is 12.9. The third-order valence-electron chi connectivity index (χ3n) is 5.40. The molecule has 2 aromatic heterocycles. The number of hydrogen-bond acceptors (Lipinski definition) is 5. The lowest BCUT2D eigenvalue weighted by atomic mass is 10.1. The number of nitrogens with one attached hydrogen (secondary N) is 1. The number of methoxy groups -OCH3 is 1. The van der Waals surface area contributed by atoms with Crippen molar-refractivity contribution >= 4 is 17.1 Å². The molecule has 0 fully saturated rings. The largest absolute Gasteiger partial charge is 0.497 e. The number of rotatable bonds is 7. The van der Waals surface area contributed by atoms with Gasteiger partial charge in [-0.15, -0.1) is 0 Å². The Labute approximate surface area is 190 Å². The van der Waals surface area contributed by atoms with E-state index < -0.39 is 11.1 Å². The number of fused-ring (bicyclic) bond motifs is 1. The number of ether oxygens (including phenoxy) is 1. The summed E-state index contributed by atoms with van der Waals surface area (Å²) in [5.74, 6) is 0.343. The monoisotopic (exact) mass is 444 g/mol. The van der Waals surface area contributed by atoms with E-state index in [1.54, 1.807) is 37.6 Å². The lowest BCUT2D eigenvalue weighted by Crippen LogP contribution is -2.44. The van der Waals surface area contributed by atoms with Crippen molar-refractivity contribution < 1.29 is 9.53 Å². The summed E-state index contributed by atoms with van der Waals surface area (Å²) >= 11 is 0. The zero-order valence-corrected chi connectivity index (χ0v) is 18.4. The molecule has 2 heterocycles. The molecule has 0 aliphatic heterocycles. The van der Waals surface area contributed by atoms with E-state index in [4.69, 9.17) is 4.74 Å². The molecule has 2 aromatic carbocycles. The molecule has 0 atom stereocenters. The van der Waals surface area contributed by atoms with Crippen LogP contribution in [0.5, 0.6) is 5.75 Å². The Morgan fingerprint density at radius 3 is 2.30 bits per heavy atom. The number of carbonyl (C=O) groups is 1. The first kappa shape index (κ1) is 22.0. The van der Waals surface area contributed by atoms with E-state index >= 15 is 0 Å². The number of carbonyl (C=O) groups excluding carboxylic acids is 1. The lowest BCUT2D eigenvalue weighted by Gasteiger charge is -2.14. The van der Waals surface area contributed by atoms with Gasteiger partial charge in [-0.05, 0) is 42.3 Å². The third kappa shape index (κ3) is 4.85. The van der Waals surface area contributed by atoms with Gasteiger partial charge in [-0.2, -0.15) is 0 Å². The van der Waals surface area contributed by atoms with Gasteiger partial charge in [0, 0.05) is 12.7 Å². The molecule has 4 aromatic rings. The van der Waals surface area contributed by atoms with Gasteiger partial charge in [0.15, 0.2) is 5.65 Å². The summed E-state index contributed by atoms with van der Waals surface area (Å²) in [6.07, 6.45) is 1.56. The first-order valence-electron chi connectivity index (χ1n) is 10.5. The number of pyridine rings is 1. The van der Waals surface area contributed by atoms with Gasteiger partial charge in [0.05, 0.1) is 19.2 Å². The van der Waals surface area contributed by atoms with Crippen LogP contribution in [0, 0.1) is 6.92 Å². The van der Waals surface area contributed by atoms with E-state index in [-0.39, 0.29) is 25.5 Å². The Bertz CT molecular complexity index is 1400. The van der Waals surface area contributed by atoms with Gasteiger partial charge in [0.25, 0.3) is 0 Å². The van der Waals surface area contributed by atoms with Crippen molar-refractivity contribution in [3.8, 4) is 5.75 Å². The average molecular weight is 444 g/mol. The highest BCUT2D eigenvalue weighted by molar-refractivity contribution is 5.78. The van der Waals surface area contributed by atoms with Gasteiger partial charge in [0.1, 0.15) is 12.3 Å². The molecule has 0 bridgehead atoms. The van der Waals surface area contributed by atoms with Crippen LogP contribution in [0.4, 0.5) is 0 Å². The molecule has 0 saturated heterocycles. The smallest absolute Gasteiger partial charge is 0.318 e. The molecule has 0 aliphatic rings. The van der Waals surface area contributed by atoms with Crippen LogP contribution in [0.25, 0.3) is 11.2 Å². The highest BCUT2D eigenvalue weighted by Crippen LogP contribution is 2.12. The quantitative estimate of drug-likeness (QED) is 0.441. The third-order valence-corrected chi connectivity index (χ3v) is 5.40. The topological polar surface area (TPSA) is 95.2 Å². The van der Waals surface area contributed by atoms with E-state index in [1.165, 1.54) is 9.13 Å². The number of aromatic nitrogens is 3. The van der Waals surface area contributed by atoms with Crippen molar-refractivity contribution in [3.63, 3.8) is 0 Å². The molecule has 0 spiro atoms. The molecular formula is C25H24N4O4. The van der Waals surface area contributed by atoms with E-state index in [0.717, 1.165) is 22.4 Å². The predicted octanol–water partition coefficient (Wildman–Crippen LogP) is 2.24. The molecule has 8 nitrogen and oxygen atoms in total. The number of nitrogens with zero attached hydrogens (tertiary/aromatic N) is 3. The maximum Gasteiger partial charge on any atom is 0.318 e. The second kappa shape index (κ2) is 9.52. The molecule has 1 amide bonds. The normalized spacial score (nSPS) is 10.8. The first-order valence-corrected chi connectivity index (χ1v) is 10.5. The molecule has 0 aliphatic carbocycles. The molecule has 1 N–H and O–H groups in total. The number of amides is 1. The van der Waals surface area contributed by atoms with Gasteiger partial charge in [-0.1, -0.05) is 42.0 Å². The van der Waals surface area contributed by atoms with Gasteiger partial charge < -0.3 is 10.1 Å². The van der Waals surface area contributed by atoms with Crippen LogP contribution < -0.4 is 21.2 Å². The van der Waals surface area contributed by atoms with Crippen molar-refractivity contribution in [1.29, 1.82) is 0 Å². The minimum atomic E-state index is -0.762. The molecule has 0 saturated carbocycles. The fraction of sp³-hybridized carbons (Fsp3) is 0.200. The standard InChI is InChI=1S/C25H24N4O4/c1-17-5-7-19(8-6-17)15-29-23-21(4-3-13-26-23)28(24(31)25(29)32)16-22(30)27-14-18-9-11-20(33-2)12-10-18/h3-13H,14-16H2,1-2H3,(H,27,30). The Kier molecular flexibility index (Phi) is 6.35. The van der Waals surface area contributed by atoms with Gasteiger partial charge in [-0.25, -0.2) is 4.98 Å². The van der Waals surface area contributed by atoms with Gasteiger partial charge >= 0.3 is 11.1 Å². The number of aryl methyl sites for hydroxylation is 1. The van der Waals surface area contributed by atoms with Crippen LogP contribution in [-0.4, -0.2) is 27.1 Å². The Morgan fingerprint density at radius 2 is 1.61 bits per heavy atom. The minimum Gasteiger partial charge on any atom is -0.497 e. The van der Waals surface area contributed by atoms with Crippen molar-refractivity contribution in [1.82, 2.24) is 19.4 Å². The Hall–Kier alpha value is -4.20. The number of benzene rings is 2. The Morgan fingerprint density at radius 1 is 0.939 bits per heavy atom. The van der Waals surface area contributed by atoms with Crippen LogP contribution in [0.15, 0.2) is 76.4 Å². The zero-order chi connectivity index (χ0) is 23.4. The maximum absolute atomic E-state index is 12.9. The second-order valence-corrected chi connectivity index (χ2v) is 7.74. The summed E-state index contributed by atoms with van der Waals surface area (Å²) in [4.78, 5) is 42.8. The van der Waals surface area contributed by atoms with Crippen LogP contribution in [0.3, 0.4) is 0 Å². The lowest BCUT2D eigenvalue weighted by molar-refractivity contribution is -0.121. The molecule has 33 heavy (non-hydrogen) atoms. The average Bonchev–Trinajstić information content (AvgIpc) is 2.84. The van der Waals surface area contributed by atoms with Gasteiger partial charge in [0.2, 0.25) is 5.91 Å². The number of hydrogen-bond donors (Lipinski definition) is 1. The van der Waals surface area contributed by atoms with Crippen molar-refractivity contribution in [2.75, 3.05) is 7.11 Å². The second-order valence-electron chi connectivity index (χ2n) is 7.74. The highest BCUT2D eigenvalue weighted by Gasteiger charge is 2.16. The molecule has 8 heteroatoms. The van der Waals surface area contributed by atoms with E-state index in [1.807, 2.05) is 43.3 Å². The van der Waals surface area contributed by atoms with Crippen molar-refractivity contribution in [3.05, 3.63) is 104 Å². The SMILES string of the molecule is COc1ccc(CNC(=O)Cn2c(=O)c(=O)n(Cc3ccc(C)cc3)c3ncccc32)cc1. The minimum absolute atomic E-state index is 0.215. The van der Waals surface area contributed by atoms with E-state index in [9.17, 15) is 14.4 Å². The summed E-state index contributed by atoms with van der Waals surface area (Å²) in [5, 5.41) is 2.79. The van der Waals surface area contributed by atoms with E-state index in [2.05, 4.69) is 10.3 Å². The summed E-state index contributed by atoms with van der Waals surface area (Å²) in [5.41, 5.74) is 2.16. The summed E-state index contributed by atoms with van der Waals surface area (Å²) in [7, 11) is 1.59. The fourth-order valence-electron chi connectivity index (χ4n) is 3.57. The van der Waals surface area contributed by atoms with Crippen LogP contribution in [0.2, 0.25) is 0 Å². The molecule has 0 unspecified atom stereocenters. The van der Waals surface area contributed by atoms with Gasteiger partial charge in [-0.3, -0.25) is 23.5 Å². The summed E-state index contributed by atoms with van der Waals surface area (Å²) in [6, 6.07) is 18.4. The molecular weight excluding hydrogens is 420 g/mol. The first-order chi connectivity index (χ1) is 16.0. The highest BCUT2D eigenvalue weighted by atomic mass is 16.5. The van der Waals surface area contributed by atoms with Crippen LogP contribution >= 0.6 is 0 Å². The van der Waals surface area contributed by atoms with Crippen molar-refractivity contribution in [2.24, 2.45) is 0 Å². The zero-order valence-electron chi connectivity index (χ0n) is 18.4. The predicted molar refractivity (Wildman–Crippen MR) is 125 cm³/mol. The van der Waals surface area contributed by atoms with E-state index in [0.29, 0.717) is 11.2 Å². The molecule has 4 rings (SSSR count). The van der Waals surface area contributed by atoms with Crippen LogP contribution in [0.1, 0.15) is 16.7 Å². The summed E-state index contributed by atoms with van der Waals surface area (Å²) < 4.78 is 7.66. The molecule has 0 radical (unpaired) electrons. The Balaban J connectivity index is 1.60. The van der Waals surface area contributed by atoms with Crippen molar-refractivity contribution in [2.45, 2.75) is 26.6 Å². The van der Waals surface area contributed by atoms with Crippen LogP contribution in [-0.2, 0) is 24.4 Å². The summed E-state index contributed by atoms with van der Waals surface area (Å²) in [6.45, 7) is 2.20.